The van der Waals surface area contributed by atoms with E-state index in [-0.39, 0.29) is 5.56 Å². The van der Waals surface area contributed by atoms with Crippen molar-refractivity contribution < 1.29 is 0 Å². The molecule has 2 aromatic heterocycles. The van der Waals surface area contributed by atoms with Crippen LogP contribution in [0.2, 0.25) is 0 Å². The van der Waals surface area contributed by atoms with Crippen LogP contribution in [0.1, 0.15) is 18.0 Å². The SMILES string of the molecule is Nc1cc(-c2cc3n(c(=O)c2)C[C@@H]2CNC[C@H]3C2)ncn1. The number of nitrogen functional groups attached to an aromatic ring is 1. The third kappa shape index (κ3) is 2.12. The fraction of sp³-hybridized carbons (Fsp3) is 0.400. The first-order valence-electron chi connectivity index (χ1n) is 7.24. The van der Waals surface area contributed by atoms with Crippen LogP contribution in [0.4, 0.5) is 5.82 Å². The number of piperidine rings is 1. The van der Waals surface area contributed by atoms with Crippen LogP contribution in [0.15, 0.2) is 29.3 Å². The van der Waals surface area contributed by atoms with Crippen LogP contribution in [0.25, 0.3) is 11.3 Å². The maximum atomic E-state index is 12.4. The number of fused-ring (bicyclic) bond motifs is 4. The van der Waals surface area contributed by atoms with Crippen molar-refractivity contribution in [1.82, 2.24) is 19.9 Å². The molecule has 0 aliphatic carbocycles. The van der Waals surface area contributed by atoms with E-state index in [1.165, 1.54) is 6.33 Å². The summed E-state index contributed by atoms with van der Waals surface area (Å²) < 4.78 is 1.92. The van der Waals surface area contributed by atoms with Crippen LogP contribution in [-0.4, -0.2) is 27.6 Å². The van der Waals surface area contributed by atoms with Crippen LogP contribution in [0.5, 0.6) is 0 Å². The number of aromatic nitrogens is 3. The summed E-state index contributed by atoms with van der Waals surface area (Å²) in [6.07, 6.45) is 2.59. The van der Waals surface area contributed by atoms with Gasteiger partial charge in [-0.25, -0.2) is 9.97 Å². The highest BCUT2D eigenvalue weighted by atomic mass is 16.1. The minimum atomic E-state index is 0.0521. The molecule has 2 atom stereocenters. The number of nitrogens with zero attached hydrogens (tertiary/aromatic N) is 3. The molecule has 1 fully saturated rings. The zero-order chi connectivity index (χ0) is 14.4. The number of pyridine rings is 1. The predicted octanol–water partition coefficient (Wildman–Crippen LogP) is 0.594. The topological polar surface area (TPSA) is 85.8 Å². The lowest BCUT2D eigenvalue weighted by atomic mass is 9.83. The van der Waals surface area contributed by atoms with Gasteiger partial charge in [-0.1, -0.05) is 0 Å². The molecule has 108 valence electrons. The zero-order valence-corrected chi connectivity index (χ0v) is 11.6. The molecule has 0 saturated carbocycles. The smallest absolute Gasteiger partial charge is 0.251 e. The highest BCUT2D eigenvalue weighted by molar-refractivity contribution is 5.61. The second kappa shape index (κ2) is 4.66. The highest BCUT2D eigenvalue weighted by Gasteiger charge is 2.31. The second-order valence-corrected chi connectivity index (χ2v) is 5.90. The van der Waals surface area contributed by atoms with Crippen molar-refractivity contribution in [1.29, 1.82) is 0 Å². The minimum Gasteiger partial charge on any atom is -0.384 e. The summed E-state index contributed by atoms with van der Waals surface area (Å²) in [5.41, 5.74) is 8.40. The van der Waals surface area contributed by atoms with Crippen molar-refractivity contribution >= 4 is 5.82 Å². The Morgan fingerprint density at radius 2 is 2.14 bits per heavy atom. The van der Waals surface area contributed by atoms with E-state index in [1.54, 1.807) is 12.1 Å². The van der Waals surface area contributed by atoms with Gasteiger partial charge >= 0.3 is 0 Å². The average molecular weight is 283 g/mol. The maximum Gasteiger partial charge on any atom is 0.251 e. The first-order valence-corrected chi connectivity index (χ1v) is 7.24. The first-order chi connectivity index (χ1) is 10.2. The van der Waals surface area contributed by atoms with E-state index in [1.807, 2.05) is 4.57 Å². The quantitative estimate of drug-likeness (QED) is 0.800. The van der Waals surface area contributed by atoms with E-state index in [0.29, 0.717) is 23.3 Å². The van der Waals surface area contributed by atoms with Crippen LogP contribution in [-0.2, 0) is 6.54 Å². The molecule has 6 nitrogen and oxygen atoms in total. The Hall–Kier alpha value is -2.21. The molecule has 0 unspecified atom stereocenters. The van der Waals surface area contributed by atoms with Gasteiger partial charge in [0.15, 0.2) is 0 Å². The van der Waals surface area contributed by atoms with Crippen molar-refractivity contribution in [2.24, 2.45) is 5.92 Å². The average Bonchev–Trinajstić information content (AvgIpc) is 2.48. The Morgan fingerprint density at radius 3 is 3.00 bits per heavy atom. The third-order valence-corrected chi connectivity index (χ3v) is 4.44. The molecule has 0 spiro atoms. The molecule has 2 aromatic rings. The van der Waals surface area contributed by atoms with Crippen LogP contribution < -0.4 is 16.6 Å². The van der Waals surface area contributed by atoms with E-state index in [0.717, 1.165) is 37.3 Å². The predicted molar refractivity (Wildman–Crippen MR) is 79.9 cm³/mol. The molecule has 2 aliphatic rings. The number of nitrogens with one attached hydrogen (secondary N) is 1. The van der Waals surface area contributed by atoms with Crippen LogP contribution in [0.3, 0.4) is 0 Å². The lowest BCUT2D eigenvalue weighted by Crippen LogP contribution is -2.44. The molecule has 0 radical (unpaired) electrons. The van der Waals surface area contributed by atoms with Crippen molar-refractivity contribution in [3.05, 3.63) is 40.6 Å². The lowest BCUT2D eigenvalue weighted by Gasteiger charge is -2.37. The number of hydrogen-bond acceptors (Lipinski definition) is 5. The molecule has 0 aromatic carbocycles. The molecule has 4 rings (SSSR count). The molecular weight excluding hydrogens is 266 g/mol. The van der Waals surface area contributed by atoms with Gasteiger partial charge in [0.2, 0.25) is 0 Å². The minimum absolute atomic E-state index is 0.0521. The van der Waals surface area contributed by atoms with Gasteiger partial charge in [-0.15, -0.1) is 0 Å². The maximum absolute atomic E-state index is 12.4. The number of hydrogen-bond donors (Lipinski definition) is 2. The fourth-order valence-corrected chi connectivity index (χ4v) is 3.48. The summed E-state index contributed by atoms with van der Waals surface area (Å²) in [6.45, 7) is 2.75. The Bertz CT molecular complexity index is 754. The Labute approximate surface area is 122 Å². The van der Waals surface area contributed by atoms with Gasteiger partial charge < -0.3 is 15.6 Å². The van der Waals surface area contributed by atoms with E-state index < -0.39 is 0 Å². The summed E-state index contributed by atoms with van der Waals surface area (Å²) in [7, 11) is 0. The molecule has 3 N–H and O–H groups in total. The van der Waals surface area contributed by atoms with Crippen LogP contribution >= 0.6 is 0 Å². The van der Waals surface area contributed by atoms with Crippen molar-refractivity contribution in [2.75, 3.05) is 18.8 Å². The van der Waals surface area contributed by atoms with Gasteiger partial charge in [-0.3, -0.25) is 4.79 Å². The van der Waals surface area contributed by atoms with Gasteiger partial charge in [0.05, 0.1) is 5.69 Å². The number of rotatable bonds is 1. The largest absolute Gasteiger partial charge is 0.384 e. The first kappa shape index (κ1) is 12.5. The third-order valence-electron chi connectivity index (χ3n) is 4.44. The summed E-state index contributed by atoms with van der Waals surface area (Å²) in [5.74, 6) is 1.39. The molecule has 2 bridgehead atoms. The summed E-state index contributed by atoms with van der Waals surface area (Å²) >= 11 is 0. The van der Waals surface area contributed by atoms with Crippen molar-refractivity contribution in [3.63, 3.8) is 0 Å². The monoisotopic (exact) mass is 283 g/mol. The van der Waals surface area contributed by atoms with E-state index >= 15 is 0 Å². The van der Waals surface area contributed by atoms with Gasteiger partial charge in [-0.05, 0) is 24.9 Å². The summed E-state index contributed by atoms with van der Waals surface area (Å²) in [5, 5.41) is 3.45. The lowest BCUT2D eigenvalue weighted by molar-refractivity contribution is 0.257. The Morgan fingerprint density at radius 1 is 1.24 bits per heavy atom. The molecule has 4 heterocycles. The second-order valence-electron chi connectivity index (χ2n) is 5.90. The Kier molecular flexibility index (Phi) is 2.78. The van der Waals surface area contributed by atoms with Crippen molar-refractivity contribution in [2.45, 2.75) is 18.9 Å². The fourth-order valence-electron chi connectivity index (χ4n) is 3.48. The number of nitrogens with two attached hydrogens (primary N) is 1. The standard InChI is InChI=1S/C15H17N5O/c16-14-4-12(18-8-19-14)10-2-13-11-1-9(5-17-6-11)7-20(13)15(21)3-10/h2-4,8-9,11,17H,1,5-7H2,(H2,16,18,19)/t9-,11+/m0/s1. The molecule has 1 saturated heterocycles. The molecule has 2 aliphatic heterocycles. The van der Waals surface area contributed by atoms with E-state index in [2.05, 4.69) is 21.4 Å². The molecule has 21 heavy (non-hydrogen) atoms. The van der Waals surface area contributed by atoms with Gasteiger partial charge in [-0.2, -0.15) is 0 Å². The molecular formula is C15H17N5O. The summed E-state index contributed by atoms with van der Waals surface area (Å²) in [6, 6.07) is 5.44. The van der Waals surface area contributed by atoms with Crippen molar-refractivity contribution in [3.8, 4) is 11.3 Å². The molecule has 0 amide bonds. The van der Waals surface area contributed by atoms with Gasteiger partial charge in [0.25, 0.3) is 5.56 Å². The van der Waals surface area contributed by atoms with Gasteiger partial charge in [0, 0.05) is 42.4 Å². The normalized spacial score (nSPS) is 23.6. The van der Waals surface area contributed by atoms with E-state index in [4.69, 9.17) is 5.73 Å². The summed E-state index contributed by atoms with van der Waals surface area (Å²) in [4.78, 5) is 20.6. The van der Waals surface area contributed by atoms with Crippen LogP contribution in [0, 0.1) is 5.92 Å². The number of anilines is 1. The molecule has 6 heteroatoms. The van der Waals surface area contributed by atoms with E-state index in [9.17, 15) is 4.79 Å². The van der Waals surface area contributed by atoms with Gasteiger partial charge in [0.1, 0.15) is 12.1 Å². The Balaban J connectivity index is 1.85. The highest BCUT2D eigenvalue weighted by Crippen LogP contribution is 2.33. The zero-order valence-electron chi connectivity index (χ0n) is 11.6.